The molecule has 8 nitrogen and oxygen atoms in total. The molecule has 3 N–H and O–H groups in total. The van der Waals surface area contributed by atoms with E-state index < -0.39 is 0 Å². The van der Waals surface area contributed by atoms with E-state index in [1.165, 1.54) is 11.3 Å². The monoisotopic (exact) mass is 426 g/mol. The van der Waals surface area contributed by atoms with E-state index in [-0.39, 0.29) is 6.04 Å². The number of hydrogen-bond donors (Lipinski definition) is 2. The first kappa shape index (κ1) is 19.8. The Morgan fingerprint density at radius 1 is 1.07 bits per heavy atom. The number of benzene rings is 2. The largest absolute Gasteiger partial charge is 0.493 e. The Labute approximate surface area is 178 Å². The Morgan fingerprint density at radius 2 is 1.77 bits per heavy atom. The number of nitrogens with one attached hydrogen (secondary N) is 1. The van der Waals surface area contributed by atoms with Crippen LogP contribution >= 0.6 is 11.3 Å². The van der Waals surface area contributed by atoms with E-state index in [0.29, 0.717) is 46.4 Å². The second kappa shape index (κ2) is 8.50. The number of ether oxygens (including phenoxy) is 4. The zero-order chi connectivity index (χ0) is 21.1. The number of hydrogen-bond acceptors (Lipinski definition) is 9. The maximum Gasteiger partial charge on any atom is 0.231 e. The van der Waals surface area contributed by atoms with Gasteiger partial charge in [0, 0.05) is 17.8 Å². The van der Waals surface area contributed by atoms with Crippen molar-refractivity contribution in [2.24, 2.45) is 4.99 Å². The Hall–Kier alpha value is -3.46. The van der Waals surface area contributed by atoms with E-state index in [1.54, 1.807) is 33.5 Å². The van der Waals surface area contributed by atoms with Gasteiger partial charge >= 0.3 is 0 Å². The van der Waals surface area contributed by atoms with Crippen LogP contribution in [0.3, 0.4) is 0 Å². The fraction of sp³-hybridized carbons (Fsp3) is 0.238. The van der Waals surface area contributed by atoms with E-state index >= 15 is 0 Å². The van der Waals surface area contributed by atoms with E-state index in [4.69, 9.17) is 29.7 Å². The Bertz CT molecular complexity index is 1040. The van der Waals surface area contributed by atoms with Gasteiger partial charge in [0.15, 0.2) is 22.4 Å². The van der Waals surface area contributed by atoms with Gasteiger partial charge in [0.25, 0.3) is 0 Å². The number of nitrogen functional groups attached to an aromatic ring is 1. The van der Waals surface area contributed by atoms with Crippen LogP contribution in [0.2, 0.25) is 0 Å². The van der Waals surface area contributed by atoms with Gasteiger partial charge in [-0.15, -0.1) is 0 Å². The van der Waals surface area contributed by atoms with Crippen molar-refractivity contribution in [1.29, 1.82) is 0 Å². The van der Waals surface area contributed by atoms with Crippen LogP contribution in [0, 0.1) is 0 Å². The molecule has 1 aliphatic heterocycles. The molecule has 0 saturated heterocycles. The molecule has 0 amide bonds. The number of rotatable bonds is 7. The van der Waals surface area contributed by atoms with E-state index in [2.05, 4.69) is 10.3 Å². The predicted octanol–water partition coefficient (Wildman–Crippen LogP) is 4.01. The van der Waals surface area contributed by atoms with Gasteiger partial charge in [-0.2, -0.15) is 0 Å². The van der Waals surface area contributed by atoms with Gasteiger partial charge in [-0.05, 0) is 5.56 Å². The number of nitrogens with two attached hydrogens (primary N) is 1. The molecule has 0 bridgehead atoms. The summed E-state index contributed by atoms with van der Waals surface area (Å²) in [6.07, 6.45) is 0. The molecule has 4 rings (SSSR count). The van der Waals surface area contributed by atoms with Gasteiger partial charge < -0.3 is 30.0 Å². The Kier molecular flexibility index (Phi) is 5.62. The summed E-state index contributed by atoms with van der Waals surface area (Å²) in [5.74, 6) is 2.65. The summed E-state index contributed by atoms with van der Waals surface area (Å²) in [5.41, 5.74) is 7.80. The van der Waals surface area contributed by atoms with Crippen LogP contribution in [0.5, 0.6) is 17.2 Å². The Balaban J connectivity index is 1.65. The lowest BCUT2D eigenvalue weighted by atomic mass is 10.1. The van der Waals surface area contributed by atoms with Gasteiger partial charge in [-0.3, -0.25) is 0 Å². The fourth-order valence-corrected chi connectivity index (χ4v) is 3.94. The summed E-state index contributed by atoms with van der Waals surface area (Å²) in [5, 5.41) is 3.68. The van der Waals surface area contributed by atoms with Crippen LogP contribution in [0.15, 0.2) is 47.5 Å². The van der Waals surface area contributed by atoms with Crippen molar-refractivity contribution in [3.05, 3.63) is 52.9 Å². The van der Waals surface area contributed by atoms with Gasteiger partial charge in [-0.25, -0.2) is 9.98 Å². The highest BCUT2D eigenvalue weighted by Gasteiger charge is 2.26. The highest BCUT2D eigenvalue weighted by Crippen LogP contribution is 2.41. The molecule has 0 spiro atoms. The lowest BCUT2D eigenvalue weighted by molar-refractivity contribution is 0.320. The number of nitrogens with zero attached hydrogens (tertiary/aromatic N) is 2. The molecule has 9 heteroatoms. The standard InChI is InChI=1S/C21H22N4O4S/c1-26-15-9-13(10-16(27-2)17(15)28-3)23-19-18(30-21(22)25-19)20-24-14(11-29-20)12-7-5-4-6-8-12/h4-10,14,23H,11H2,1-3H3,(H2,22,25). The lowest BCUT2D eigenvalue weighted by Gasteiger charge is -2.14. The first-order valence-corrected chi connectivity index (χ1v) is 10.0. The Morgan fingerprint density at radius 3 is 2.40 bits per heavy atom. The SMILES string of the molecule is COc1cc(Nc2nc(N)sc2C2=NC(c3ccccc3)CO2)cc(OC)c1OC. The van der Waals surface area contributed by atoms with E-state index in [1.807, 2.05) is 30.3 Å². The molecule has 0 saturated carbocycles. The minimum atomic E-state index is -0.0569. The molecule has 0 aliphatic carbocycles. The van der Waals surface area contributed by atoms with Crippen molar-refractivity contribution in [2.45, 2.75) is 6.04 Å². The third-order valence-electron chi connectivity index (χ3n) is 4.60. The summed E-state index contributed by atoms with van der Waals surface area (Å²) in [6, 6.07) is 13.6. The number of aliphatic imine (C=N–C) groups is 1. The molecule has 1 unspecified atom stereocenters. The average Bonchev–Trinajstić information content (AvgIpc) is 3.40. The summed E-state index contributed by atoms with van der Waals surface area (Å²) < 4.78 is 22.1. The minimum absolute atomic E-state index is 0.0569. The number of methoxy groups -OCH3 is 3. The number of thiazole rings is 1. The zero-order valence-electron chi connectivity index (χ0n) is 16.8. The quantitative estimate of drug-likeness (QED) is 0.589. The van der Waals surface area contributed by atoms with Crippen LogP contribution in [0.4, 0.5) is 16.6 Å². The molecule has 2 heterocycles. The van der Waals surface area contributed by atoms with E-state index in [0.717, 1.165) is 10.4 Å². The minimum Gasteiger partial charge on any atom is -0.493 e. The first-order chi connectivity index (χ1) is 14.6. The smallest absolute Gasteiger partial charge is 0.231 e. The fourth-order valence-electron chi connectivity index (χ4n) is 3.20. The van der Waals surface area contributed by atoms with Crippen molar-refractivity contribution >= 4 is 33.9 Å². The normalized spacial score (nSPS) is 15.3. The molecular weight excluding hydrogens is 404 g/mol. The number of aromatic nitrogens is 1. The van der Waals surface area contributed by atoms with Crippen LogP contribution < -0.4 is 25.3 Å². The van der Waals surface area contributed by atoms with Crippen LogP contribution in [-0.2, 0) is 4.74 Å². The molecule has 1 aliphatic rings. The van der Waals surface area contributed by atoms with Crippen molar-refractivity contribution < 1.29 is 18.9 Å². The maximum atomic E-state index is 5.99. The second-order valence-corrected chi connectivity index (χ2v) is 7.47. The van der Waals surface area contributed by atoms with Gasteiger partial charge in [0.1, 0.15) is 17.5 Å². The van der Waals surface area contributed by atoms with Crippen LogP contribution in [0.25, 0.3) is 0 Å². The average molecular weight is 426 g/mol. The second-order valence-electron chi connectivity index (χ2n) is 6.44. The number of anilines is 3. The molecule has 1 aromatic heterocycles. The molecule has 2 aromatic carbocycles. The zero-order valence-corrected chi connectivity index (χ0v) is 17.7. The molecule has 30 heavy (non-hydrogen) atoms. The molecule has 3 aromatic rings. The summed E-state index contributed by atoms with van der Waals surface area (Å²) >= 11 is 1.32. The van der Waals surface area contributed by atoms with E-state index in [9.17, 15) is 0 Å². The highest BCUT2D eigenvalue weighted by atomic mass is 32.1. The molecule has 0 radical (unpaired) electrons. The molecule has 156 valence electrons. The van der Waals surface area contributed by atoms with Gasteiger partial charge in [-0.1, -0.05) is 41.7 Å². The summed E-state index contributed by atoms with van der Waals surface area (Å²) in [6.45, 7) is 0.473. The van der Waals surface area contributed by atoms with Gasteiger partial charge in [0.2, 0.25) is 11.6 Å². The molecule has 1 atom stereocenters. The molecule has 0 fully saturated rings. The maximum absolute atomic E-state index is 5.99. The summed E-state index contributed by atoms with van der Waals surface area (Å²) in [4.78, 5) is 9.89. The predicted molar refractivity (Wildman–Crippen MR) is 118 cm³/mol. The van der Waals surface area contributed by atoms with Gasteiger partial charge in [0.05, 0.1) is 21.3 Å². The first-order valence-electron chi connectivity index (χ1n) is 9.22. The van der Waals surface area contributed by atoms with Crippen LogP contribution in [-0.4, -0.2) is 38.8 Å². The summed E-state index contributed by atoms with van der Waals surface area (Å²) in [7, 11) is 4.70. The lowest BCUT2D eigenvalue weighted by Crippen LogP contribution is -2.04. The van der Waals surface area contributed by atoms with Crippen molar-refractivity contribution in [3.8, 4) is 17.2 Å². The topological polar surface area (TPSA) is 100 Å². The third-order valence-corrected chi connectivity index (χ3v) is 5.47. The molecular formula is C21H22N4O4S. The van der Waals surface area contributed by atoms with Crippen molar-refractivity contribution in [3.63, 3.8) is 0 Å². The van der Waals surface area contributed by atoms with Crippen molar-refractivity contribution in [2.75, 3.05) is 39.0 Å². The third kappa shape index (κ3) is 3.84. The van der Waals surface area contributed by atoms with Crippen LogP contribution in [0.1, 0.15) is 16.5 Å². The van der Waals surface area contributed by atoms with Crippen molar-refractivity contribution in [1.82, 2.24) is 4.98 Å². The highest BCUT2D eigenvalue weighted by molar-refractivity contribution is 7.17.